The summed E-state index contributed by atoms with van der Waals surface area (Å²) in [6.45, 7) is 4.51. The third kappa shape index (κ3) is 4.13. The Hall–Kier alpha value is -1.79. The van der Waals surface area contributed by atoms with Crippen LogP contribution in [0.25, 0.3) is 0 Å². The number of likely N-dealkylation sites (tertiary alicyclic amines) is 1. The Morgan fingerprint density at radius 3 is 2.50 bits per heavy atom. The summed E-state index contributed by atoms with van der Waals surface area (Å²) in [6, 6.07) is 4.63. The molecule has 144 valence electrons. The molecular weight excluding hydrogens is 330 g/mol. The van der Waals surface area contributed by atoms with Gasteiger partial charge in [0, 0.05) is 38.6 Å². The van der Waals surface area contributed by atoms with Crippen molar-refractivity contribution in [2.24, 2.45) is 0 Å². The van der Waals surface area contributed by atoms with Gasteiger partial charge in [0.05, 0.1) is 14.2 Å². The van der Waals surface area contributed by atoms with Gasteiger partial charge in [-0.05, 0) is 56.7 Å². The first-order valence-corrected chi connectivity index (χ1v) is 9.42. The fraction of sp³-hybridized carbons (Fsp3) is 0.650. The zero-order valence-corrected chi connectivity index (χ0v) is 16.5. The molecule has 0 N–H and O–H groups in total. The Balaban J connectivity index is 1.57. The fourth-order valence-corrected chi connectivity index (χ4v) is 3.98. The average molecular weight is 361 g/mol. The van der Waals surface area contributed by atoms with Gasteiger partial charge in [0.2, 0.25) is 5.91 Å². The number of carbonyl (C=O) groups is 1. The summed E-state index contributed by atoms with van der Waals surface area (Å²) in [4.78, 5) is 19.4. The second-order valence-electron chi connectivity index (χ2n) is 7.48. The van der Waals surface area contributed by atoms with Gasteiger partial charge in [-0.15, -0.1) is 0 Å². The van der Waals surface area contributed by atoms with Crippen LogP contribution in [0.1, 0.15) is 24.0 Å². The predicted octanol–water partition coefficient (Wildman–Crippen LogP) is 1.61. The molecule has 2 heterocycles. The van der Waals surface area contributed by atoms with Crippen molar-refractivity contribution < 1.29 is 14.3 Å². The molecule has 0 bridgehead atoms. The Morgan fingerprint density at radius 2 is 1.88 bits per heavy atom. The summed E-state index contributed by atoms with van der Waals surface area (Å²) < 4.78 is 10.8. The monoisotopic (exact) mass is 361 g/mol. The van der Waals surface area contributed by atoms with Crippen LogP contribution < -0.4 is 9.47 Å². The molecule has 1 atom stereocenters. The van der Waals surface area contributed by atoms with Gasteiger partial charge in [-0.25, -0.2) is 0 Å². The molecule has 0 aromatic heterocycles. The number of nitrogens with zero attached hydrogens (tertiary/aromatic N) is 3. The molecule has 1 amide bonds. The van der Waals surface area contributed by atoms with Crippen LogP contribution in [-0.2, 0) is 17.8 Å². The molecule has 6 heteroatoms. The summed E-state index contributed by atoms with van der Waals surface area (Å²) in [5.74, 6) is 1.73. The maximum absolute atomic E-state index is 12.7. The largest absolute Gasteiger partial charge is 0.493 e. The van der Waals surface area contributed by atoms with Crippen LogP contribution in [0.15, 0.2) is 12.1 Å². The van der Waals surface area contributed by atoms with E-state index < -0.39 is 0 Å². The topological polar surface area (TPSA) is 45.3 Å². The minimum atomic E-state index is 0.239. The Labute approximate surface area is 156 Å². The van der Waals surface area contributed by atoms with E-state index in [4.69, 9.17) is 9.47 Å². The first-order valence-electron chi connectivity index (χ1n) is 9.42. The lowest BCUT2D eigenvalue weighted by molar-refractivity contribution is -0.132. The molecule has 0 spiro atoms. The van der Waals surface area contributed by atoms with Crippen LogP contribution in [0, 0.1) is 0 Å². The predicted molar refractivity (Wildman–Crippen MR) is 102 cm³/mol. The highest BCUT2D eigenvalue weighted by atomic mass is 16.5. The number of ether oxygens (including phenoxy) is 2. The van der Waals surface area contributed by atoms with Gasteiger partial charge in [0.15, 0.2) is 11.5 Å². The third-order valence-corrected chi connectivity index (χ3v) is 5.74. The van der Waals surface area contributed by atoms with Crippen LogP contribution in [-0.4, -0.2) is 81.1 Å². The van der Waals surface area contributed by atoms with Crippen LogP contribution in [0.3, 0.4) is 0 Å². The highest BCUT2D eigenvalue weighted by molar-refractivity contribution is 5.76. The Bertz CT molecular complexity index is 649. The van der Waals surface area contributed by atoms with E-state index in [1.54, 1.807) is 14.2 Å². The highest BCUT2D eigenvalue weighted by Gasteiger charge is 2.26. The molecule has 26 heavy (non-hydrogen) atoms. The van der Waals surface area contributed by atoms with Crippen LogP contribution in [0.2, 0.25) is 0 Å². The van der Waals surface area contributed by atoms with Crippen molar-refractivity contribution in [3.8, 4) is 11.5 Å². The molecule has 3 rings (SSSR count). The van der Waals surface area contributed by atoms with E-state index in [9.17, 15) is 4.79 Å². The van der Waals surface area contributed by atoms with E-state index in [1.807, 2.05) is 17.0 Å². The Kier molecular flexibility index (Phi) is 6.04. The molecule has 1 fully saturated rings. The first-order chi connectivity index (χ1) is 12.5. The molecule has 0 aliphatic carbocycles. The standard InChI is InChI=1S/C20H31N3O3/c1-21-8-6-17(14-21)22(2)9-7-20(24)23-10-5-15-11-18(25-3)19(26-4)12-16(15)13-23/h11-12,17H,5-10,13-14H2,1-4H3/t17-/m1/s1. The number of fused-ring (bicyclic) bond motifs is 1. The van der Waals surface area contributed by atoms with Gasteiger partial charge in [-0.3, -0.25) is 4.79 Å². The van der Waals surface area contributed by atoms with Crippen LogP contribution in [0.4, 0.5) is 0 Å². The summed E-state index contributed by atoms with van der Waals surface area (Å²) in [5, 5.41) is 0. The maximum atomic E-state index is 12.7. The SMILES string of the molecule is COc1cc2c(cc1OC)CN(C(=O)CCN(C)[C@@H]1CCN(C)C1)CC2. The number of benzene rings is 1. The second-order valence-corrected chi connectivity index (χ2v) is 7.48. The zero-order valence-electron chi connectivity index (χ0n) is 16.5. The van der Waals surface area contributed by atoms with Crippen molar-refractivity contribution >= 4 is 5.91 Å². The molecule has 2 aliphatic rings. The summed E-state index contributed by atoms with van der Waals surface area (Å²) in [6.07, 6.45) is 2.64. The van der Waals surface area contributed by atoms with Gasteiger partial charge in [-0.1, -0.05) is 0 Å². The summed E-state index contributed by atoms with van der Waals surface area (Å²) in [5.41, 5.74) is 2.41. The zero-order chi connectivity index (χ0) is 18.7. The second kappa shape index (κ2) is 8.27. The average Bonchev–Trinajstić information content (AvgIpc) is 3.10. The summed E-state index contributed by atoms with van der Waals surface area (Å²) in [7, 11) is 7.60. The molecule has 1 aromatic rings. The van der Waals surface area contributed by atoms with E-state index in [2.05, 4.69) is 23.9 Å². The van der Waals surface area contributed by atoms with Gasteiger partial charge >= 0.3 is 0 Å². The number of carbonyl (C=O) groups excluding carboxylic acids is 1. The molecule has 0 radical (unpaired) electrons. The molecular formula is C20H31N3O3. The van der Waals surface area contributed by atoms with Crippen molar-refractivity contribution in [1.29, 1.82) is 0 Å². The lowest BCUT2D eigenvalue weighted by Crippen LogP contribution is -2.40. The normalized spacial score (nSPS) is 20.3. The van der Waals surface area contributed by atoms with Gasteiger partial charge < -0.3 is 24.2 Å². The van der Waals surface area contributed by atoms with Gasteiger partial charge in [0.25, 0.3) is 0 Å². The molecule has 0 unspecified atom stereocenters. The molecule has 0 saturated carbocycles. The van der Waals surface area contributed by atoms with E-state index in [0.29, 0.717) is 19.0 Å². The molecule has 1 saturated heterocycles. The van der Waals surface area contributed by atoms with Crippen molar-refractivity contribution in [1.82, 2.24) is 14.7 Å². The Morgan fingerprint density at radius 1 is 1.19 bits per heavy atom. The molecule has 2 aliphatic heterocycles. The van der Waals surface area contributed by atoms with Crippen LogP contribution in [0.5, 0.6) is 11.5 Å². The minimum absolute atomic E-state index is 0.239. The number of likely N-dealkylation sites (N-methyl/N-ethyl adjacent to an activating group) is 2. The lowest BCUT2D eigenvalue weighted by Gasteiger charge is -2.31. The van der Waals surface area contributed by atoms with E-state index in [0.717, 1.165) is 49.7 Å². The molecule has 6 nitrogen and oxygen atoms in total. The van der Waals surface area contributed by atoms with E-state index in [-0.39, 0.29) is 5.91 Å². The number of hydrogen-bond acceptors (Lipinski definition) is 5. The van der Waals surface area contributed by atoms with Gasteiger partial charge in [-0.2, -0.15) is 0 Å². The number of methoxy groups -OCH3 is 2. The smallest absolute Gasteiger partial charge is 0.224 e. The maximum Gasteiger partial charge on any atom is 0.224 e. The van der Waals surface area contributed by atoms with E-state index in [1.165, 1.54) is 12.0 Å². The van der Waals surface area contributed by atoms with Crippen molar-refractivity contribution in [3.63, 3.8) is 0 Å². The van der Waals surface area contributed by atoms with E-state index >= 15 is 0 Å². The minimum Gasteiger partial charge on any atom is -0.493 e. The quantitative estimate of drug-likeness (QED) is 0.770. The number of amides is 1. The van der Waals surface area contributed by atoms with Crippen molar-refractivity contribution in [3.05, 3.63) is 23.3 Å². The lowest BCUT2D eigenvalue weighted by atomic mass is 9.98. The molecule has 1 aromatic carbocycles. The summed E-state index contributed by atoms with van der Waals surface area (Å²) >= 11 is 0. The highest BCUT2D eigenvalue weighted by Crippen LogP contribution is 2.33. The number of hydrogen-bond donors (Lipinski definition) is 0. The fourth-order valence-electron chi connectivity index (χ4n) is 3.98. The number of rotatable bonds is 6. The third-order valence-electron chi connectivity index (χ3n) is 5.74. The van der Waals surface area contributed by atoms with Gasteiger partial charge in [0.1, 0.15) is 0 Å². The first kappa shape index (κ1) is 19.0. The van der Waals surface area contributed by atoms with Crippen molar-refractivity contribution in [2.75, 3.05) is 54.5 Å². The van der Waals surface area contributed by atoms with Crippen molar-refractivity contribution in [2.45, 2.75) is 31.8 Å². The van der Waals surface area contributed by atoms with Crippen LogP contribution >= 0.6 is 0 Å².